The van der Waals surface area contributed by atoms with E-state index in [0.717, 1.165) is 64.7 Å². The van der Waals surface area contributed by atoms with Gasteiger partial charge in [0.25, 0.3) is 0 Å². The van der Waals surface area contributed by atoms with Crippen LogP contribution in [0.5, 0.6) is 0 Å². The first-order valence-electron chi connectivity index (χ1n) is 30.2. The molecule has 0 atom stereocenters. The van der Waals surface area contributed by atoms with Crippen molar-refractivity contribution in [2.45, 2.75) is 255 Å². The normalized spacial score (nSPS) is 23.5. The number of rotatable bonds is 5. The van der Waals surface area contributed by atoms with Crippen molar-refractivity contribution in [1.82, 2.24) is 15.3 Å². The van der Waals surface area contributed by atoms with Gasteiger partial charge in [0, 0.05) is 42.2 Å². The lowest BCUT2D eigenvalue weighted by Crippen LogP contribution is -2.64. The van der Waals surface area contributed by atoms with Crippen molar-refractivity contribution >= 4 is 22.8 Å². The minimum Gasteiger partial charge on any atom is -0.465 e. The third-order valence-corrected chi connectivity index (χ3v) is 16.3. The van der Waals surface area contributed by atoms with E-state index in [0.29, 0.717) is 31.9 Å². The van der Waals surface area contributed by atoms with Crippen LogP contribution >= 0.6 is 0 Å². The van der Waals surface area contributed by atoms with E-state index in [9.17, 15) is 9.90 Å². The van der Waals surface area contributed by atoms with Crippen LogP contribution in [0.15, 0.2) is 72.9 Å². The Bertz CT molecular complexity index is 2030. The van der Waals surface area contributed by atoms with Crippen LogP contribution in [-0.2, 0) is 15.0 Å². The molecule has 2 fully saturated rings. The second kappa shape index (κ2) is 34.5. The number of hydrazine groups is 1. The van der Waals surface area contributed by atoms with E-state index in [2.05, 4.69) is 58.2 Å². The maximum absolute atomic E-state index is 12.5. The first kappa shape index (κ1) is 58.2. The summed E-state index contributed by atoms with van der Waals surface area (Å²) in [6.45, 7) is 1.86. The molecule has 0 radical (unpaired) electrons. The average molecular weight is 1000 g/mol. The summed E-state index contributed by atoms with van der Waals surface area (Å²) >= 11 is 0. The molecule has 0 bridgehead atoms. The van der Waals surface area contributed by atoms with Gasteiger partial charge in [0.2, 0.25) is 0 Å². The highest BCUT2D eigenvalue weighted by atomic mass is 16.5. The molecule has 9 heteroatoms. The first-order chi connectivity index (χ1) is 36.0. The van der Waals surface area contributed by atoms with Gasteiger partial charge in [-0.05, 0) is 36.1 Å². The molecule has 1 amide bonds. The summed E-state index contributed by atoms with van der Waals surface area (Å²) in [5, 5.41) is 14.1. The number of nitrogens with zero attached hydrogens (tertiary/aromatic N) is 2. The molecular weight excluding hydrogens is 903 g/mol. The highest BCUT2D eigenvalue weighted by Crippen LogP contribution is 2.53. The Kier molecular flexibility index (Phi) is 27.5. The van der Waals surface area contributed by atoms with Crippen molar-refractivity contribution in [2.24, 2.45) is 5.84 Å². The molecule has 73 heavy (non-hydrogen) atoms. The van der Waals surface area contributed by atoms with Crippen LogP contribution in [0.4, 0.5) is 10.6 Å². The number of ether oxygens (including phenoxy) is 2. The number of hydrogen-bond donors (Lipinski definition) is 4. The van der Waals surface area contributed by atoms with E-state index in [1.54, 1.807) is 6.20 Å². The molecule has 0 unspecified atom stereocenters. The Labute approximate surface area is 442 Å². The van der Waals surface area contributed by atoms with E-state index >= 15 is 0 Å². The molecule has 1 aliphatic heterocycles. The number of aromatic nitrogens is 2. The zero-order valence-corrected chi connectivity index (χ0v) is 45.6. The van der Waals surface area contributed by atoms with Crippen molar-refractivity contribution < 1.29 is 19.4 Å². The average Bonchev–Trinajstić information content (AvgIpc) is 3.40. The Balaban J connectivity index is 1.01. The van der Waals surface area contributed by atoms with E-state index in [4.69, 9.17) is 20.3 Å². The second-order valence-corrected chi connectivity index (χ2v) is 22.3. The number of amides is 1. The molecule has 2 aromatic heterocycles. The fraction of sp³-hybridized carbons (Fsp3) is 0.672. The standard InChI is InChI=1S/C64H99N5O4/c65-69-61-58-51-57(54-39-35-34-36-40-54)60(67-59(58)45-47-66-61)55-41-43-56(44-42-55)64(68-62(70)71)52-63(53-64)46-37-32-30-28-26-24-22-20-18-16-14-12-10-8-6-4-2-1-3-5-7-9-11-13-15-17-19-21-23-25-27-29-31-33-38-48-72-49-50-73-63/h34-36,39-45,47,51,68H,1-33,37-38,46,48-50,52-53,65H2,(H,66,69)(H,70,71). The quantitative estimate of drug-likeness (QED) is 0.115. The van der Waals surface area contributed by atoms with E-state index in [1.165, 1.54) is 212 Å². The number of pyridine rings is 2. The Hall–Kier alpha value is -4.05. The van der Waals surface area contributed by atoms with Gasteiger partial charge in [-0.25, -0.2) is 20.6 Å². The minimum absolute atomic E-state index is 0.403. The van der Waals surface area contributed by atoms with Crippen LogP contribution in [0.2, 0.25) is 0 Å². The SMILES string of the molecule is NNc1nccc2nc(-c3ccc(C4(NC(=O)O)CC5(CCCCCCCCCCCCCCCCCCCCCCCCCCCCCCCCCCCCCOCCO5)C4)cc3)c(-c3ccccc3)cc12. The number of fused-ring (bicyclic) bond motifs is 1. The Morgan fingerprint density at radius 2 is 0.973 bits per heavy atom. The zero-order chi connectivity index (χ0) is 50.9. The number of hydrogen-bond acceptors (Lipinski definition) is 7. The molecule has 1 saturated heterocycles. The molecule has 6 rings (SSSR count). The topological polar surface area (TPSA) is 132 Å². The summed E-state index contributed by atoms with van der Waals surface area (Å²) in [6, 6.07) is 22.5. The predicted molar refractivity (Wildman–Crippen MR) is 306 cm³/mol. The van der Waals surface area contributed by atoms with Crippen LogP contribution in [0.25, 0.3) is 33.3 Å². The summed E-state index contributed by atoms with van der Waals surface area (Å²) in [7, 11) is 0. The lowest BCUT2D eigenvalue weighted by Gasteiger charge is -2.56. The third-order valence-electron chi connectivity index (χ3n) is 16.3. The summed E-state index contributed by atoms with van der Waals surface area (Å²) in [6.07, 6.45) is 50.9. The smallest absolute Gasteiger partial charge is 0.405 e. The Morgan fingerprint density at radius 1 is 0.521 bits per heavy atom. The van der Waals surface area contributed by atoms with Gasteiger partial charge in [0.05, 0.1) is 35.6 Å². The van der Waals surface area contributed by atoms with Crippen molar-refractivity contribution in [1.29, 1.82) is 0 Å². The largest absolute Gasteiger partial charge is 0.465 e. The lowest BCUT2D eigenvalue weighted by molar-refractivity contribution is -0.161. The first-order valence-corrected chi connectivity index (χ1v) is 30.2. The second-order valence-electron chi connectivity index (χ2n) is 22.3. The fourth-order valence-electron chi connectivity index (χ4n) is 12.1. The van der Waals surface area contributed by atoms with Crippen LogP contribution < -0.4 is 16.6 Å². The van der Waals surface area contributed by atoms with Crippen LogP contribution in [0.3, 0.4) is 0 Å². The van der Waals surface area contributed by atoms with Gasteiger partial charge >= 0.3 is 6.09 Å². The zero-order valence-electron chi connectivity index (χ0n) is 45.6. The number of anilines is 1. The summed E-state index contributed by atoms with van der Waals surface area (Å²) in [5.41, 5.74) is 7.09. The van der Waals surface area contributed by atoms with Crippen molar-refractivity contribution in [3.63, 3.8) is 0 Å². The molecule has 1 aliphatic carbocycles. The van der Waals surface area contributed by atoms with E-state index < -0.39 is 17.2 Å². The molecule has 9 nitrogen and oxygen atoms in total. The summed E-state index contributed by atoms with van der Waals surface area (Å²) < 4.78 is 13.0. The Morgan fingerprint density at radius 3 is 1.42 bits per heavy atom. The van der Waals surface area contributed by atoms with Gasteiger partial charge in [-0.1, -0.05) is 273 Å². The summed E-state index contributed by atoms with van der Waals surface area (Å²) in [5.74, 6) is 6.43. The van der Waals surface area contributed by atoms with Crippen LogP contribution in [0, 0.1) is 0 Å². The van der Waals surface area contributed by atoms with Gasteiger partial charge in [-0.15, -0.1) is 0 Å². The molecule has 5 N–H and O–H groups in total. The highest BCUT2D eigenvalue weighted by molar-refractivity contribution is 5.96. The summed E-state index contributed by atoms with van der Waals surface area (Å²) in [4.78, 5) is 22.1. The maximum Gasteiger partial charge on any atom is 0.405 e. The number of carbonyl (C=O) groups is 1. The molecule has 3 heterocycles. The lowest BCUT2D eigenvalue weighted by atomic mass is 9.60. The number of benzene rings is 2. The van der Waals surface area contributed by atoms with Gasteiger partial charge in [0.1, 0.15) is 5.82 Å². The molecule has 404 valence electrons. The fourth-order valence-corrected chi connectivity index (χ4v) is 12.1. The molecule has 1 saturated carbocycles. The van der Waals surface area contributed by atoms with Crippen molar-refractivity contribution in [3.05, 3.63) is 78.5 Å². The van der Waals surface area contributed by atoms with E-state index in [-0.39, 0.29) is 0 Å². The molecule has 2 aromatic carbocycles. The van der Waals surface area contributed by atoms with E-state index in [1.807, 2.05) is 24.3 Å². The number of nitrogens with one attached hydrogen (secondary N) is 2. The number of nitrogens with two attached hydrogens (primary N) is 1. The molecule has 4 aromatic rings. The molecule has 2 aliphatic rings. The molecule has 1 spiro atoms. The van der Waals surface area contributed by atoms with Crippen LogP contribution in [0.1, 0.15) is 250 Å². The van der Waals surface area contributed by atoms with Gasteiger partial charge in [-0.2, -0.15) is 0 Å². The van der Waals surface area contributed by atoms with Gasteiger partial charge in [-0.3, -0.25) is 0 Å². The monoisotopic (exact) mass is 1000 g/mol. The van der Waals surface area contributed by atoms with Crippen molar-refractivity contribution in [2.75, 3.05) is 25.2 Å². The third kappa shape index (κ3) is 20.9. The minimum atomic E-state index is -1.01. The van der Waals surface area contributed by atoms with Gasteiger partial charge in [0.15, 0.2) is 0 Å². The molecular formula is C64H99N5O4. The number of nitrogen functional groups attached to an aromatic ring is 1. The number of carboxylic acid groups (broad SMARTS) is 1. The van der Waals surface area contributed by atoms with Crippen molar-refractivity contribution in [3.8, 4) is 22.4 Å². The van der Waals surface area contributed by atoms with Crippen LogP contribution in [-0.4, -0.2) is 46.6 Å². The maximum atomic E-state index is 12.5. The van der Waals surface area contributed by atoms with Gasteiger partial charge < -0.3 is 25.3 Å². The predicted octanol–water partition coefficient (Wildman–Crippen LogP) is 18.3. The highest BCUT2D eigenvalue weighted by Gasteiger charge is 2.57.